The predicted octanol–water partition coefficient (Wildman–Crippen LogP) is 3.31. The molecule has 0 radical (unpaired) electrons. The molecule has 7 nitrogen and oxygen atoms in total. The number of carbonyl (C=O) groups excluding carboxylic acids is 3. The van der Waals surface area contributed by atoms with Crippen molar-refractivity contribution in [1.82, 2.24) is 10.2 Å². The third-order valence-corrected chi connectivity index (χ3v) is 11.4. The molecule has 3 aliphatic heterocycles. The molecule has 35 heavy (non-hydrogen) atoms. The Labute approximate surface area is 219 Å². The number of hydrogen-bond acceptors (Lipinski definition) is 5. The number of likely N-dealkylation sites (tertiary alicyclic amines) is 1. The quantitative estimate of drug-likeness (QED) is 0.333. The average molecular weight is 565 g/mol. The molecule has 1 aromatic rings. The van der Waals surface area contributed by atoms with E-state index in [0.717, 1.165) is 25.7 Å². The molecule has 4 fully saturated rings. The fourth-order valence-electron chi connectivity index (χ4n) is 6.64. The minimum absolute atomic E-state index is 0.0535. The smallest absolute Gasteiger partial charge is 0.244 e. The van der Waals surface area contributed by atoms with Crippen molar-refractivity contribution in [3.63, 3.8) is 0 Å². The molecule has 3 heterocycles. The zero-order chi connectivity index (χ0) is 24.6. The normalized spacial score (nSPS) is 34.2. The van der Waals surface area contributed by atoms with Crippen LogP contribution in [0.2, 0.25) is 0 Å². The summed E-state index contributed by atoms with van der Waals surface area (Å²) in [6, 6.07) is 8.89. The van der Waals surface area contributed by atoms with E-state index in [-0.39, 0.29) is 40.4 Å². The summed E-state index contributed by atoms with van der Waals surface area (Å²) in [4.78, 5) is 43.1. The lowest BCUT2D eigenvalue weighted by Gasteiger charge is -2.36. The molecule has 5 rings (SSSR count). The van der Waals surface area contributed by atoms with E-state index in [1.165, 1.54) is 6.42 Å². The first-order valence-electron chi connectivity index (χ1n) is 12.9. The van der Waals surface area contributed by atoms with Crippen molar-refractivity contribution in [2.75, 3.05) is 18.5 Å². The number of unbranched alkanes of at least 4 members (excludes halogenated alkanes) is 1. The van der Waals surface area contributed by atoms with Gasteiger partial charge in [-0.1, -0.05) is 53.4 Å². The highest BCUT2D eigenvalue weighted by molar-refractivity contribution is 9.09. The molecule has 190 valence electrons. The minimum Gasteiger partial charge on any atom is -0.396 e. The standard InChI is InChI=1S/C26H34BrN3O4S/c27-18-15-26-20(19(21(18)35-26)23(32)28-16-9-3-1-4-10-16)25(34)30(13-7-8-14-31)22(26)24(33)29-17-11-5-2-6-12-17/h1,3-4,9-10,17-22,31H,2,5-8,11-15H2,(H,28,32)(H,29,33)/t18?,19-,20-,21-,22?,26?/m0/s1. The summed E-state index contributed by atoms with van der Waals surface area (Å²) in [6.07, 6.45) is 7.29. The lowest BCUT2D eigenvalue weighted by molar-refractivity contribution is -0.139. The van der Waals surface area contributed by atoms with E-state index < -0.39 is 22.6 Å². The fraction of sp³-hybridized carbons (Fsp3) is 0.654. The Morgan fingerprint density at radius 3 is 2.57 bits per heavy atom. The van der Waals surface area contributed by atoms with Crippen LogP contribution in [0.1, 0.15) is 51.4 Å². The highest BCUT2D eigenvalue weighted by Gasteiger charge is 2.75. The van der Waals surface area contributed by atoms with Gasteiger partial charge in [-0.15, -0.1) is 11.8 Å². The van der Waals surface area contributed by atoms with E-state index in [9.17, 15) is 19.5 Å². The van der Waals surface area contributed by atoms with E-state index in [0.29, 0.717) is 31.5 Å². The molecule has 3 saturated heterocycles. The molecule has 1 aromatic carbocycles. The zero-order valence-electron chi connectivity index (χ0n) is 19.8. The van der Waals surface area contributed by atoms with Gasteiger partial charge in [0.1, 0.15) is 6.04 Å². The van der Waals surface area contributed by atoms with Crippen LogP contribution in [0.3, 0.4) is 0 Å². The van der Waals surface area contributed by atoms with Crippen molar-refractivity contribution < 1.29 is 19.5 Å². The number of benzene rings is 1. The molecule has 3 amide bonds. The first kappa shape index (κ1) is 25.1. The minimum atomic E-state index is -0.618. The summed E-state index contributed by atoms with van der Waals surface area (Å²) in [5, 5.41) is 15.5. The number of thioether (sulfide) groups is 1. The number of fused-ring (bicyclic) bond motifs is 1. The highest BCUT2D eigenvalue weighted by Crippen LogP contribution is 2.67. The largest absolute Gasteiger partial charge is 0.396 e. The summed E-state index contributed by atoms with van der Waals surface area (Å²) in [6.45, 7) is 0.476. The number of nitrogens with one attached hydrogen (secondary N) is 2. The van der Waals surface area contributed by atoms with Crippen molar-refractivity contribution in [1.29, 1.82) is 0 Å². The van der Waals surface area contributed by atoms with Gasteiger partial charge in [-0.25, -0.2) is 0 Å². The number of halogens is 1. The Morgan fingerprint density at radius 2 is 1.86 bits per heavy atom. The predicted molar refractivity (Wildman–Crippen MR) is 140 cm³/mol. The van der Waals surface area contributed by atoms with Crippen LogP contribution >= 0.6 is 27.7 Å². The maximum absolute atomic E-state index is 13.9. The summed E-state index contributed by atoms with van der Waals surface area (Å²) < 4.78 is -0.618. The maximum Gasteiger partial charge on any atom is 0.244 e. The lowest BCUT2D eigenvalue weighted by atomic mass is 9.70. The van der Waals surface area contributed by atoms with Gasteiger partial charge in [-0.3, -0.25) is 14.4 Å². The molecule has 9 heteroatoms. The molecule has 3 unspecified atom stereocenters. The van der Waals surface area contributed by atoms with Gasteiger partial charge in [-0.2, -0.15) is 0 Å². The number of para-hydroxylation sites is 1. The number of hydrogen-bond donors (Lipinski definition) is 3. The van der Waals surface area contributed by atoms with Crippen LogP contribution in [0.25, 0.3) is 0 Å². The second-order valence-electron chi connectivity index (χ2n) is 10.3. The van der Waals surface area contributed by atoms with E-state index in [1.54, 1.807) is 16.7 Å². The third-order valence-electron chi connectivity index (χ3n) is 8.14. The van der Waals surface area contributed by atoms with Crippen LogP contribution in [0.5, 0.6) is 0 Å². The van der Waals surface area contributed by atoms with E-state index in [4.69, 9.17) is 0 Å². The second kappa shape index (κ2) is 10.4. The Morgan fingerprint density at radius 1 is 1.11 bits per heavy atom. The summed E-state index contributed by atoms with van der Waals surface area (Å²) in [5.74, 6) is -1.34. The number of carbonyl (C=O) groups is 3. The first-order chi connectivity index (χ1) is 17.0. The van der Waals surface area contributed by atoms with Crippen LogP contribution in [0.4, 0.5) is 5.69 Å². The molecule has 1 spiro atoms. The number of alkyl halides is 1. The average Bonchev–Trinajstić information content (AvgIpc) is 3.44. The van der Waals surface area contributed by atoms with Crippen molar-refractivity contribution in [3.8, 4) is 0 Å². The summed E-state index contributed by atoms with van der Waals surface area (Å²) >= 11 is 5.47. The van der Waals surface area contributed by atoms with Gasteiger partial charge < -0.3 is 20.6 Å². The fourth-order valence-corrected chi connectivity index (χ4v) is 10.3. The van der Waals surface area contributed by atoms with E-state index in [2.05, 4.69) is 26.6 Å². The number of aliphatic hydroxyl groups excluding tert-OH is 1. The molecule has 6 atom stereocenters. The molecular formula is C26H34BrN3O4S. The summed E-state index contributed by atoms with van der Waals surface area (Å²) in [5.41, 5.74) is 0.710. The number of nitrogens with zero attached hydrogens (tertiary/aromatic N) is 1. The Bertz CT molecular complexity index is 959. The van der Waals surface area contributed by atoms with Crippen LogP contribution in [-0.2, 0) is 14.4 Å². The maximum atomic E-state index is 13.9. The topological polar surface area (TPSA) is 98.7 Å². The molecule has 3 N–H and O–H groups in total. The van der Waals surface area contributed by atoms with Crippen LogP contribution < -0.4 is 10.6 Å². The first-order valence-corrected chi connectivity index (χ1v) is 14.7. The second-order valence-corrected chi connectivity index (χ2v) is 13.0. The van der Waals surface area contributed by atoms with Gasteiger partial charge in [0.25, 0.3) is 0 Å². The van der Waals surface area contributed by atoms with Crippen molar-refractivity contribution >= 4 is 51.1 Å². The lowest BCUT2D eigenvalue weighted by Crippen LogP contribution is -2.56. The number of rotatable bonds is 8. The Balaban J connectivity index is 1.44. The number of amides is 3. The highest BCUT2D eigenvalue weighted by atomic mass is 79.9. The van der Waals surface area contributed by atoms with E-state index in [1.807, 2.05) is 30.3 Å². The monoisotopic (exact) mass is 563 g/mol. The Kier molecular flexibility index (Phi) is 7.47. The number of anilines is 1. The number of aliphatic hydroxyl groups is 1. The van der Waals surface area contributed by atoms with Crippen molar-refractivity contribution in [2.24, 2.45) is 11.8 Å². The Hall–Kier alpha value is -1.58. The van der Waals surface area contributed by atoms with Crippen molar-refractivity contribution in [2.45, 2.75) is 78.3 Å². The molecule has 4 aliphatic rings. The van der Waals surface area contributed by atoms with Crippen LogP contribution in [0, 0.1) is 11.8 Å². The molecule has 1 saturated carbocycles. The SMILES string of the molecule is O=C(NC1CCCCC1)C1N(CCCCO)C(=O)[C@@H]2[C@H](C(=O)Nc3ccccc3)[C@H]3SC12CC3Br. The van der Waals surface area contributed by atoms with Gasteiger partial charge in [-0.05, 0) is 44.2 Å². The third kappa shape index (κ3) is 4.53. The van der Waals surface area contributed by atoms with Gasteiger partial charge >= 0.3 is 0 Å². The van der Waals surface area contributed by atoms with E-state index >= 15 is 0 Å². The van der Waals surface area contributed by atoms with Crippen molar-refractivity contribution in [3.05, 3.63) is 30.3 Å². The summed E-state index contributed by atoms with van der Waals surface area (Å²) in [7, 11) is 0. The van der Waals surface area contributed by atoms with Gasteiger partial charge in [0.2, 0.25) is 17.7 Å². The van der Waals surface area contributed by atoms with Crippen LogP contribution in [0.15, 0.2) is 30.3 Å². The molecule has 1 aliphatic carbocycles. The molecular weight excluding hydrogens is 530 g/mol. The zero-order valence-corrected chi connectivity index (χ0v) is 22.2. The van der Waals surface area contributed by atoms with Gasteiger partial charge in [0, 0.05) is 35.0 Å². The van der Waals surface area contributed by atoms with Crippen LogP contribution in [-0.4, -0.2) is 67.8 Å². The van der Waals surface area contributed by atoms with Gasteiger partial charge in [0.15, 0.2) is 0 Å². The molecule has 0 aromatic heterocycles. The van der Waals surface area contributed by atoms with Gasteiger partial charge in [0.05, 0.1) is 16.6 Å². The molecule has 2 bridgehead atoms.